The molecular formula is C18H17ClN6O3. The maximum Gasteiger partial charge on any atom is 0.273 e. The van der Waals surface area contributed by atoms with Crippen molar-refractivity contribution >= 4 is 23.4 Å². The molecule has 0 aliphatic carbocycles. The van der Waals surface area contributed by atoms with E-state index < -0.39 is 11.8 Å². The lowest BCUT2D eigenvalue weighted by atomic mass is 10.1. The van der Waals surface area contributed by atoms with Crippen LogP contribution in [0, 0.1) is 0 Å². The highest BCUT2D eigenvalue weighted by molar-refractivity contribution is 6.33. The van der Waals surface area contributed by atoms with Gasteiger partial charge in [-0.05, 0) is 40.6 Å². The molecule has 2 aromatic carbocycles. The van der Waals surface area contributed by atoms with E-state index in [4.69, 9.17) is 16.3 Å². The Morgan fingerprint density at radius 3 is 2.46 bits per heavy atom. The quantitative estimate of drug-likeness (QED) is 0.633. The van der Waals surface area contributed by atoms with Gasteiger partial charge in [0.05, 0.1) is 23.4 Å². The highest BCUT2D eigenvalue weighted by atomic mass is 35.5. The van der Waals surface area contributed by atoms with Gasteiger partial charge in [-0.2, -0.15) is 4.68 Å². The lowest BCUT2D eigenvalue weighted by Gasteiger charge is -2.13. The van der Waals surface area contributed by atoms with E-state index in [-0.39, 0.29) is 16.3 Å². The number of aryl methyl sites for hydroxylation is 1. The van der Waals surface area contributed by atoms with Crippen molar-refractivity contribution in [3.63, 3.8) is 0 Å². The summed E-state index contributed by atoms with van der Waals surface area (Å²) in [4.78, 5) is 24.7. The maximum absolute atomic E-state index is 12.5. The topological polar surface area (TPSA) is 111 Å². The maximum atomic E-state index is 12.5. The molecule has 0 aliphatic rings. The first-order valence-electron chi connectivity index (χ1n) is 8.34. The highest BCUT2D eigenvalue weighted by Gasteiger charge is 2.18. The zero-order valence-corrected chi connectivity index (χ0v) is 15.9. The number of tetrazole rings is 1. The Balaban J connectivity index is 1.74. The van der Waals surface area contributed by atoms with E-state index in [0.717, 1.165) is 12.0 Å². The molecule has 1 heterocycles. The van der Waals surface area contributed by atoms with Crippen molar-refractivity contribution in [1.82, 2.24) is 31.1 Å². The Bertz CT molecular complexity index is 989. The first-order chi connectivity index (χ1) is 13.5. The molecule has 10 heteroatoms. The van der Waals surface area contributed by atoms with Crippen LogP contribution in [0.5, 0.6) is 5.75 Å². The molecule has 3 rings (SSSR count). The van der Waals surface area contributed by atoms with Gasteiger partial charge < -0.3 is 4.74 Å². The average Bonchev–Trinajstić information content (AvgIpc) is 3.26. The van der Waals surface area contributed by atoms with Crippen LogP contribution in [-0.2, 0) is 6.42 Å². The molecule has 0 atom stereocenters. The van der Waals surface area contributed by atoms with Gasteiger partial charge in [-0.1, -0.05) is 30.7 Å². The summed E-state index contributed by atoms with van der Waals surface area (Å²) in [7, 11) is 1.41. The SMILES string of the molecule is CCc1ccc(C(=O)NNC(=O)c2cc(Cl)c(-n3cnnn3)cc2OC)cc1. The molecule has 0 saturated carbocycles. The third-order valence-corrected chi connectivity index (χ3v) is 4.33. The number of aromatic nitrogens is 4. The fourth-order valence-corrected chi connectivity index (χ4v) is 2.73. The number of halogens is 1. The van der Waals surface area contributed by atoms with Gasteiger partial charge in [-0.3, -0.25) is 20.4 Å². The summed E-state index contributed by atoms with van der Waals surface area (Å²) in [6, 6.07) is 10.0. The Morgan fingerprint density at radius 1 is 1.14 bits per heavy atom. The van der Waals surface area contributed by atoms with Crippen LogP contribution in [0.1, 0.15) is 33.2 Å². The number of nitrogens with one attached hydrogen (secondary N) is 2. The first-order valence-corrected chi connectivity index (χ1v) is 8.71. The van der Waals surface area contributed by atoms with E-state index in [1.807, 2.05) is 19.1 Å². The number of benzene rings is 2. The van der Waals surface area contributed by atoms with Gasteiger partial charge in [0.15, 0.2) is 0 Å². The number of hydrazine groups is 1. The second-order valence-electron chi connectivity index (χ2n) is 5.72. The lowest BCUT2D eigenvalue weighted by Crippen LogP contribution is -2.41. The van der Waals surface area contributed by atoms with E-state index in [9.17, 15) is 9.59 Å². The van der Waals surface area contributed by atoms with Crippen LogP contribution in [0.15, 0.2) is 42.7 Å². The number of hydrogen-bond acceptors (Lipinski definition) is 6. The van der Waals surface area contributed by atoms with E-state index in [1.165, 1.54) is 30.3 Å². The molecule has 144 valence electrons. The Hall–Kier alpha value is -3.46. The summed E-state index contributed by atoms with van der Waals surface area (Å²) in [6.07, 6.45) is 2.24. The van der Waals surface area contributed by atoms with E-state index in [2.05, 4.69) is 26.4 Å². The Kier molecular flexibility index (Phi) is 5.85. The molecular weight excluding hydrogens is 384 g/mol. The van der Waals surface area contributed by atoms with Crippen molar-refractivity contribution in [2.45, 2.75) is 13.3 Å². The summed E-state index contributed by atoms with van der Waals surface area (Å²) in [5, 5.41) is 11.1. The second kappa shape index (κ2) is 8.49. The summed E-state index contributed by atoms with van der Waals surface area (Å²) >= 11 is 6.24. The van der Waals surface area contributed by atoms with Crippen LogP contribution in [0.4, 0.5) is 0 Å². The van der Waals surface area contributed by atoms with E-state index in [0.29, 0.717) is 11.3 Å². The van der Waals surface area contributed by atoms with Crippen LogP contribution in [0.2, 0.25) is 5.02 Å². The molecule has 0 aliphatic heterocycles. The molecule has 3 aromatic rings. The normalized spacial score (nSPS) is 10.4. The highest BCUT2D eigenvalue weighted by Crippen LogP contribution is 2.29. The van der Waals surface area contributed by atoms with Crippen LogP contribution >= 0.6 is 11.6 Å². The molecule has 2 amide bonds. The monoisotopic (exact) mass is 400 g/mol. The molecule has 2 N–H and O–H groups in total. The zero-order valence-electron chi connectivity index (χ0n) is 15.1. The number of carbonyl (C=O) groups excluding carboxylic acids is 2. The lowest BCUT2D eigenvalue weighted by molar-refractivity contribution is 0.0845. The van der Waals surface area contributed by atoms with Gasteiger partial charge in [0.1, 0.15) is 12.1 Å². The van der Waals surface area contributed by atoms with Gasteiger partial charge in [0, 0.05) is 11.6 Å². The number of hydrogen-bond donors (Lipinski definition) is 2. The van der Waals surface area contributed by atoms with Crippen molar-refractivity contribution in [1.29, 1.82) is 0 Å². The molecule has 0 saturated heterocycles. The minimum atomic E-state index is -0.583. The largest absolute Gasteiger partial charge is 0.496 e. The smallest absolute Gasteiger partial charge is 0.273 e. The van der Waals surface area contributed by atoms with Gasteiger partial charge in [0.25, 0.3) is 11.8 Å². The number of rotatable bonds is 5. The molecule has 0 radical (unpaired) electrons. The number of nitrogens with zero attached hydrogens (tertiary/aromatic N) is 4. The predicted octanol–water partition coefficient (Wildman–Crippen LogP) is 1.96. The predicted molar refractivity (Wildman–Crippen MR) is 101 cm³/mol. The number of methoxy groups -OCH3 is 1. The van der Waals surface area contributed by atoms with Crippen molar-refractivity contribution in [3.05, 3.63) is 64.4 Å². The van der Waals surface area contributed by atoms with Crippen molar-refractivity contribution in [3.8, 4) is 11.4 Å². The molecule has 9 nitrogen and oxygen atoms in total. The molecule has 1 aromatic heterocycles. The van der Waals surface area contributed by atoms with Gasteiger partial charge >= 0.3 is 0 Å². The van der Waals surface area contributed by atoms with Crippen molar-refractivity contribution in [2.75, 3.05) is 7.11 Å². The summed E-state index contributed by atoms with van der Waals surface area (Å²) < 4.78 is 6.60. The Labute approximate surface area is 165 Å². The number of ether oxygens (including phenoxy) is 1. The minimum Gasteiger partial charge on any atom is -0.496 e. The van der Waals surface area contributed by atoms with E-state index >= 15 is 0 Å². The fourth-order valence-electron chi connectivity index (χ4n) is 2.48. The molecule has 0 unspecified atom stereocenters. The summed E-state index contributed by atoms with van der Waals surface area (Å²) in [5.74, 6) is -0.777. The molecule has 0 spiro atoms. The molecule has 0 bridgehead atoms. The number of amides is 2. The molecule has 28 heavy (non-hydrogen) atoms. The first kappa shape index (κ1) is 19.3. The standard InChI is InChI=1S/C18H17ClN6O3/c1-3-11-4-6-12(7-5-11)17(26)21-22-18(27)13-8-14(19)15(9-16(13)28-2)25-10-20-23-24-25/h4-10H,3H2,1-2H3,(H,21,26)(H,22,27). The summed E-state index contributed by atoms with van der Waals surface area (Å²) in [5.41, 5.74) is 6.86. The van der Waals surface area contributed by atoms with E-state index in [1.54, 1.807) is 12.1 Å². The fraction of sp³-hybridized carbons (Fsp3) is 0.167. The summed E-state index contributed by atoms with van der Waals surface area (Å²) in [6.45, 7) is 2.03. The van der Waals surface area contributed by atoms with Crippen molar-refractivity contribution < 1.29 is 14.3 Å². The van der Waals surface area contributed by atoms with Crippen LogP contribution in [0.25, 0.3) is 5.69 Å². The zero-order chi connectivity index (χ0) is 20.1. The second-order valence-corrected chi connectivity index (χ2v) is 6.12. The van der Waals surface area contributed by atoms with Gasteiger partial charge in [-0.15, -0.1) is 5.10 Å². The minimum absolute atomic E-state index is 0.144. The third-order valence-electron chi connectivity index (χ3n) is 4.02. The van der Waals surface area contributed by atoms with Crippen LogP contribution in [-0.4, -0.2) is 39.1 Å². The Morgan fingerprint density at radius 2 is 1.86 bits per heavy atom. The van der Waals surface area contributed by atoms with Crippen LogP contribution < -0.4 is 15.6 Å². The number of carbonyl (C=O) groups is 2. The molecule has 0 fully saturated rings. The van der Waals surface area contributed by atoms with Gasteiger partial charge in [-0.25, -0.2) is 0 Å². The third kappa shape index (κ3) is 4.09. The van der Waals surface area contributed by atoms with Gasteiger partial charge in [0.2, 0.25) is 0 Å². The van der Waals surface area contributed by atoms with Crippen molar-refractivity contribution in [2.24, 2.45) is 0 Å². The van der Waals surface area contributed by atoms with Crippen LogP contribution in [0.3, 0.4) is 0 Å². The average molecular weight is 401 g/mol.